The average Bonchev–Trinajstić information content (AvgIpc) is 2.73. The summed E-state index contributed by atoms with van der Waals surface area (Å²) in [6.45, 7) is 13.5. The lowest BCUT2D eigenvalue weighted by Crippen LogP contribution is -2.41. The molecule has 1 saturated heterocycles. The van der Waals surface area contributed by atoms with Crippen molar-refractivity contribution in [2.75, 3.05) is 12.3 Å². The first kappa shape index (κ1) is 22.6. The number of hydrogen-bond donors (Lipinski definition) is 2. The van der Waals surface area contributed by atoms with E-state index in [4.69, 9.17) is 31.4 Å². The number of hydrogen-bond acceptors (Lipinski definition) is 5. The summed E-state index contributed by atoms with van der Waals surface area (Å²) in [6, 6.07) is 5.22. The van der Waals surface area contributed by atoms with Gasteiger partial charge < -0.3 is 25.1 Å². The Morgan fingerprint density at radius 1 is 1.25 bits per heavy atom. The van der Waals surface area contributed by atoms with Crippen LogP contribution in [0.4, 0.5) is 10.5 Å². The number of amides is 1. The average molecular weight is 409 g/mol. The van der Waals surface area contributed by atoms with Gasteiger partial charge in [-0.1, -0.05) is 17.7 Å². The summed E-state index contributed by atoms with van der Waals surface area (Å²) in [4.78, 5) is 12.1. The van der Waals surface area contributed by atoms with Gasteiger partial charge in [-0.15, -0.1) is 0 Å². The molecule has 2 rings (SSSR count). The molecule has 1 aliphatic rings. The Morgan fingerprint density at radius 2 is 1.82 bits per heavy atom. The van der Waals surface area contributed by atoms with Crippen molar-refractivity contribution in [1.82, 2.24) is 5.32 Å². The van der Waals surface area contributed by atoms with Crippen LogP contribution in [0.15, 0.2) is 23.7 Å². The lowest BCUT2D eigenvalue weighted by molar-refractivity contribution is 0.00578. The molecule has 1 aliphatic heterocycles. The maximum Gasteiger partial charge on any atom is 0.492 e. The van der Waals surface area contributed by atoms with Gasteiger partial charge in [0, 0.05) is 17.3 Å². The highest BCUT2D eigenvalue weighted by molar-refractivity contribution is 6.56. The summed E-state index contributed by atoms with van der Waals surface area (Å²) in [6.07, 6.45) is 1.31. The van der Waals surface area contributed by atoms with Crippen LogP contribution < -0.4 is 11.1 Å². The number of ether oxygens (including phenoxy) is 1. The lowest BCUT2D eigenvalue weighted by atomic mass is 9.77. The largest absolute Gasteiger partial charge is 0.492 e. The zero-order chi connectivity index (χ0) is 21.3. The molecule has 1 aromatic rings. The maximum absolute atomic E-state index is 12.1. The maximum atomic E-state index is 12.1. The van der Waals surface area contributed by atoms with E-state index in [1.165, 1.54) is 0 Å². The lowest BCUT2D eigenvalue weighted by Gasteiger charge is -2.32. The monoisotopic (exact) mass is 408 g/mol. The molecule has 1 aromatic carbocycles. The summed E-state index contributed by atoms with van der Waals surface area (Å²) in [5.41, 5.74) is 6.30. The Kier molecular flexibility index (Phi) is 6.43. The van der Waals surface area contributed by atoms with Gasteiger partial charge in [0.2, 0.25) is 0 Å². The van der Waals surface area contributed by atoms with Crippen LogP contribution in [-0.4, -0.2) is 36.6 Å². The minimum Gasteiger partial charge on any atom is -0.444 e. The van der Waals surface area contributed by atoms with Crippen LogP contribution in [0, 0.1) is 0 Å². The molecule has 1 heterocycles. The van der Waals surface area contributed by atoms with Gasteiger partial charge in [0.15, 0.2) is 0 Å². The zero-order valence-electron chi connectivity index (χ0n) is 17.7. The van der Waals surface area contributed by atoms with Crippen LogP contribution in [0.5, 0.6) is 0 Å². The first-order chi connectivity index (χ1) is 12.7. The van der Waals surface area contributed by atoms with Crippen LogP contribution >= 0.6 is 11.6 Å². The standard InChI is InChI=1S/C20H30BClN2O4/c1-18(2,3)26-17(25)24-12-14(10-13-11-15(23)8-9-16(13)22)21-27-19(4,5)20(6,7)28-21/h8-11H,12,23H2,1-7H3,(H,24,25). The van der Waals surface area contributed by atoms with Gasteiger partial charge in [-0.05, 0) is 77.7 Å². The van der Waals surface area contributed by atoms with Crippen molar-refractivity contribution in [3.63, 3.8) is 0 Å². The SMILES string of the molecule is CC(C)(C)OC(=O)NCC(=Cc1cc(N)ccc1Cl)B1OC(C)(C)C(C)(C)O1. The number of halogens is 1. The van der Waals surface area contributed by atoms with Gasteiger partial charge in [-0.2, -0.15) is 0 Å². The summed E-state index contributed by atoms with van der Waals surface area (Å²) >= 11 is 6.32. The molecule has 0 radical (unpaired) electrons. The second kappa shape index (κ2) is 7.97. The fourth-order valence-corrected chi connectivity index (χ4v) is 2.73. The summed E-state index contributed by atoms with van der Waals surface area (Å²) in [5, 5.41) is 3.30. The number of carbonyl (C=O) groups is 1. The third-order valence-corrected chi connectivity index (χ3v) is 5.10. The number of nitrogens with one attached hydrogen (secondary N) is 1. The topological polar surface area (TPSA) is 82.8 Å². The van der Waals surface area contributed by atoms with Gasteiger partial charge in [0.1, 0.15) is 5.60 Å². The quantitative estimate of drug-likeness (QED) is 0.567. The van der Waals surface area contributed by atoms with Crippen molar-refractivity contribution in [3.8, 4) is 0 Å². The number of anilines is 1. The zero-order valence-corrected chi connectivity index (χ0v) is 18.4. The minimum absolute atomic E-state index is 0.177. The number of benzene rings is 1. The molecule has 0 bridgehead atoms. The van der Waals surface area contributed by atoms with Gasteiger partial charge in [0.05, 0.1) is 11.2 Å². The number of nitrogen functional groups attached to an aromatic ring is 1. The van der Waals surface area contributed by atoms with E-state index in [2.05, 4.69) is 5.32 Å². The van der Waals surface area contributed by atoms with Crippen LogP contribution in [0.3, 0.4) is 0 Å². The normalized spacial score (nSPS) is 18.9. The molecule has 154 valence electrons. The van der Waals surface area contributed by atoms with Crippen LogP contribution in [0.25, 0.3) is 6.08 Å². The van der Waals surface area contributed by atoms with Gasteiger partial charge in [-0.25, -0.2) is 4.79 Å². The number of rotatable bonds is 4. The number of alkyl carbamates (subject to hydrolysis) is 1. The molecule has 8 heteroatoms. The van der Waals surface area contributed by atoms with E-state index < -0.39 is 30.0 Å². The van der Waals surface area contributed by atoms with Crippen molar-refractivity contribution in [2.24, 2.45) is 0 Å². The molecular weight excluding hydrogens is 378 g/mol. The molecule has 1 fully saturated rings. The highest BCUT2D eigenvalue weighted by Crippen LogP contribution is 2.39. The second-order valence-corrected chi connectivity index (χ2v) is 9.35. The van der Waals surface area contributed by atoms with E-state index in [0.717, 1.165) is 5.56 Å². The third kappa shape index (κ3) is 5.66. The summed E-state index contributed by atoms with van der Waals surface area (Å²) in [5.74, 6) is 0. The van der Waals surface area contributed by atoms with Gasteiger partial charge in [-0.3, -0.25) is 0 Å². The van der Waals surface area contributed by atoms with Crippen molar-refractivity contribution in [1.29, 1.82) is 0 Å². The Hall–Kier alpha value is -1.70. The molecule has 1 amide bonds. The van der Waals surface area contributed by atoms with Gasteiger partial charge >= 0.3 is 13.2 Å². The minimum atomic E-state index is -0.641. The highest BCUT2D eigenvalue weighted by atomic mass is 35.5. The fraction of sp³-hybridized carbons (Fsp3) is 0.550. The number of carbonyl (C=O) groups excluding carboxylic acids is 1. The molecule has 0 spiro atoms. The first-order valence-corrected chi connectivity index (χ1v) is 9.66. The van der Waals surface area contributed by atoms with Crippen LogP contribution in [0.1, 0.15) is 54.0 Å². The molecule has 3 N–H and O–H groups in total. The Balaban J connectivity index is 2.30. The van der Waals surface area contributed by atoms with E-state index in [1.54, 1.807) is 18.2 Å². The Bertz CT molecular complexity index is 756. The predicted molar refractivity (Wildman–Crippen MR) is 114 cm³/mol. The van der Waals surface area contributed by atoms with Gasteiger partial charge in [0.25, 0.3) is 0 Å². The second-order valence-electron chi connectivity index (χ2n) is 8.94. The first-order valence-electron chi connectivity index (χ1n) is 9.28. The van der Waals surface area contributed by atoms with E-state index in [9.17, 15) is 4.79 Å². The number of nitrogens with two attached hydrogens (primary N) is 1. The Labute approximate surface area is 172 Å². The molecule has 0 aromatic heterocycles. The van der Waals surface area contributed by atoms with Crippen molar-refractivity contribution >= 4 is 36.6 Å². The highest BCUT2D eigenvalue weighted by Gasteiger charge is 2.52. The van der Waals surface area contributed by atoms with E-state index in [1.807, 2.05) is 54.5 Å². The predicted octanol–water partition coefficient (Wildman–Crippen LogP) is 4.46. The molecule has 0 aliphatic carbocycles. The fourth-order valence-electron chi connectivity index (χ4n) is 2.56. The molecular formula is C20H30BClN2O4. The molecule has 0 unspecified atom stereocenters. The van der Waals surface area contributed by atoms with Crippen molar-refractivity contribution < 1.29 is 18.8 Å². The smallest absolute Gasteiger partial charge is 0.444 e. The molecule has 0 atom stereocenters. The van der Waals surface area contributed by atoms with Crippen LogP contribution in [-0.2, 0) is 14.0 Å². The summed E-state index contributed by atoms with van der Waals surface area (Å²) in [7, 11) is -0.641. The van der Waals surface area contributed by atoms with Crippen LogP contribution in [0.2, 0.25) is 5.02 Å². The van der Waals surface area contributed by atoms with E-state index in [0.29, 0.717) is 16.2 Å². The van der Waals surface area contributed by atoms with Crippen molar-refractivity contribution in [2.45, 2.75) is 65.3 Å². The Morgan fingerprint density at radius 3 is 2.36 bits per heavy atom. The van der Waals surface area contributed by atoms with E-state index in [-0.39, 0.29) is 6.54 Å². The molecule has 0 saturated carbocycles. The summed E-state index contributed by atoms with van der Waals surface area (Å²) < 4.78 is 17.6. The third-order valence-electron chi connectivity index (χ3n) is 4.75. The van der Waals surface area contributed by atoms with E-state index >= 15 is 0 Å². The molecule has 28 heavy (non-hydrogen) atoms. The molecule has 6 nitrogen and oxygen atoms in total. The van der Waals surface area contributed by atoms with Crippen molar-refractivity contribution in [3.05, 3.63) is 34.3 Å².